The van der Waals surface area contributed by atoms with Crippen molar-refractivity contribution in [1.82, 2.24) is 5.32 Å². The van der Waals surface area contributed by atoms with Crippen molar-refractivity contribution in [3.8, 4) is 0 Å². The molecule has 0 aromatic heterocycles. The molecule has 11 heavy (non-hydrogen) atoms. The first-order valence-corrected chi connectivity index (χ1v) is 4.73. The molecular formula is C10H21N. The van der Waals surface area contributed by atoms with Crippen molar-refractivity contribution in [3.63, 3.8) is 0 Å². The Labute approximate surface area is 70.6 Å². The van der Waals surface area contributed by atoms with Crippen LogP contribution in [0.25, 0.3) is 0 Å². The van der Waals surface area contributed by atoms with Gasteiger partial charge in [-0.25, -0.2) is 0 Å². The minimum absolute atomic E-state index is 0.532. The number of hydrogen-bond acceptors (Lipinski definition) is 1. The molecule has 0 radical (unpaired) electrons. The average molecular weight is 155 g/mol. The van der Waals surface area contributed by atoms with E-state index < -0.39 is 0 Å². The summed E-state index contributed by atoms with van der Waals surface area (Å²) < 4.78 is 0. The number of nitrogens with one attached hydrogen (secondary N) is 1. The van der Waals surface area contributed by atoms with Gasteiger partial charge in [-0.15, -0.1) is 0 Å². The van der Waals surface area contributed by atoms with Crippen molar-refractivity contribution >= 4 is 0 Å². The van der Waals surface area contributed by atoms with Crippen LogP contribution in [0.3, 0.4) is 0 Å². The summed E-state index contributed by atoms with van der Waals surface area (Å²) in [5, 5.41) is 3.47. The molecular weight excluding hydrogens is 134 g/mol. The summed E-state index contributed by atoms with van der Waals surface area (Å²) in [5.41, 5.74) is 0.532. The molecule has 0 bridgehead atoms. The van der Waals surface area contributed by atoms with Gasteiger partial charge in [0, 0.05) is 6.54 Å². The average Bonchev–Trinajstić information content (AvgIpc) is 2.10. The smallest absolute Gasteiger partial charge is 0.000577 e. The van der Waals surface area contributed by atoms with Gasteiger partial charge < -0.3 is 5.32 Å². The van der Waals surface area contributed by atoms with Crippen LogP contribution in [0.15, 0.2) is 0 Å². The standard InChI is InChI=1S/C10H21N/c1-8(2)5-9-6-11-7-10(9,3)4/h8-9,11H,5-7H2,1-4H3. The van der Waals surface area contributed by atoms with Crippen molar-refractivity contribution in [1.29, 1.82) is 0 Å². The van der Waals surface area contributed by atoms with Crippen LogP contribution in [0.2, 0.25) is 0 Å². The van der Waals surface area contributed by atoms with Crippen LogP contribution in [0, 0.1) is 17.3 Å². The van der Waals surface area contributed by atoms with Crippen molar-refractivity contribution in [2.75, 3.05) is 13.1 Å². The van der Waals surface area contributed by atoms with Crippen LogP contribution in [0.1, 0.15) is 34.1 Å². The fourth-order valence-corrected chi connectivity index (χ4v) is 1.96. The number of hydrogen-bond donors (Lipinski definition) is 1. The molecule has 1 unspecified atom stereocenters. The van der Waals surface area contributed by atoms with Crippen LogP contribution in [-0.2, 0) is 0 Å². The van der Waals surface area contributed by atoms with Gasteiger partial charge in [0.25, 0.3) is 0 Å². The SMILES string of the molecule is CC(C)CC1CNCC1(C)C. The van der Waals surface area contributed by atoms with Crippen LogP contribution in [-0.4, -0.2) is 13.1 Å². The van der Waals surface area contributed by atoms with Crippen molar-refractivity contribution in [2.24, 2.45) is 17.3 Å². The maximum Gasteiger partial charge on any atom is 0.000577 e. The second-order valence-electron chi connectivity index (χ2n) is 4.95. The summed E-state index contributed by atoms with van der Waals surface area (Å²) in [7, 11) is 0. The molecule has 66 valence electrons. The van der Waals surface area contributed by atoms with Gasteiger partial charge in [-0.1, -0.05) is 27.7 Å². The van der Waals surface area contributed by atoms with Crippen LogP contribution < -0.4 is 5.32 Å². The Kier molecular flexibility index (Phi) is 2.58. The molecule has 0 amide bonds. The Bertz CT molecular complexity index is 127. The third kappa shape index (κ3) is 2.19. The van der Waals surface area contributed by atoms with E-state index in [-0.39, 0.29) is 0 Å². The van der Waals surface area contributed by atoms with E-state index in [1.807, 2.05) is 0 Å². The van der Waals surface area contributed by atoms with Gasteiger partial charge >= 0.3 is 0 Å². The molecule has 1 saturated heterocycles. The third-order valence-electron chi connectivity index (χ3n) is 2.83. The molecule has 1 fully saturated rings. The molecule has 1 atom stereocenters. The first kappa shape index (κ1) is 9.05. The van der Waals surface area contributed by atoms with Gasteiger partial charge in [0.05, 0.1) is 0 Å². The summed E-state index contributed by atoms with van der Waals surface area (Å²) in [6, 6.07) is 0. The topological polar surface area (TPSA) is 12.0 Å². The molecule has 0 aromatic rings. The molecule has 0 aliphatic carbocycles. The summed E-state index contributed by atoms with van der Waals surface area (Å²) in [4.78, 5) is 0. The highest BCUT2D eigenvalue weighted by molar-refractivity contribution is 4.88. The molecule has 1 N–H and O–H groups in total. The van der Waals surface area contributed by atoms with Crippen molar-refractivity contribution in [3.05, 3.63) is 0 Å². The molecule has 1 aliphatic rings. The Morgan fingerprint density at radius 2 is 2.09 bits per heavy atom. The van der Waals surface area contributed by atoms with Gasteiger partial charge in [-0.2, -0.15) is 0 Å². The van der Waals surface area contributed by atoms with Crippen LogP contribution in [0.5, 0.6) is 0 Å². The van der Waals surface area contributed by atoms with E-state index in [9.17, 15) is 0 Å². The van der Waals surface area contributed by atoms with Crippen molar-refractivity contribution < 1.29 is 0 Å². The first-order valence-electron chi connectivity index (χ1n) is 4.73. The molecule has 0 aromatic carbocycles. The van der Waals surface area contributed by atoms with E-state index in [2.05, 4.69) is 33.0 Å². The zero-order valence-corrected chi connectivity index (χ0v) is 8.28. The van der Waals surface area contributed by atoms with E-state index >= 15 is 0 Å². The molecule has 1 rings (SSSR count). The van der Waals surface area contributed by atoms with E-state index in [1.165, 1.54) is 19.5 Å². The summed E-state index contributed by atoms with van der Waals surface area (Å²) >= 11 is 0. The third-order valence-corrected chi connectivity index (χ3v) is 2.83. The van der Waals surface area contributed by atoms with E-state index in [0.717, 1.165) is 11.8 Å². The Balaban J connectivity index is 2.45. The van der Waals surface area contributed by atoms with Crippen LogP contribution >= 0.6 is 0 Å². The zero-order chi connectivity index (χ0) is 8.48. The first-order chi connectivity index (χ1) is 5.02. The van der Waals surface area contributed by atoms with Gasteiger partial charge in [-0.05, 0) is 30.2 Å². The van der Waals surface area contributed by atoms with Crippen molar-refractivity contribution in [2.45, 2.75) is 34.1 Å². The predicted molar refractivity (Wildman–Crippen MR) is 49.6 cm³/mol. The largest absolute Gasteiger partial charge is 0.316 e. The molecule has 0 saturated carbocycles. The minimum atomic E-state index is 0.532. The predicted octanol–water partition coefficient (Wildman–Crippen LogP) is 2.28. The van der Waals surface area contributed by atoms with E-state index in [1.54, 1.807) is 0 Å². The van der Waals surface area contributed by atoms with Gasteiger partial charge in [0.2, 0.25) is 0 Å². The highest BCUT2D eigenvalue weighted by Gasteiger charge is 2.34. The normalized spacial score (nSPS) is 29.7. The maximum absolute atomic E-state index is 3.47. The Morgan fingerprint density at radius 3 is 2.45 bits per heavy atom. The molecule has 1 aliphatic heterocycles. The highest BCUT2D eigenvalue weighted by Crippen LogP contribution is 2.34. The highest BCUT2D eigenvalue weighted by atomic mass is 14.9. The van der Waals surface area contributed by atoms with Gasteiger partial charge in [0.1, 0.15) is 0 Å². The second kappa shape index (κ2) is 3.14. The number of rotatable bonds is 2. The monoisotopic (exact) mass is 155 g/mol. The fourth-order valence-electron chi connectivity index (χ4n) is 1.96. The Morgan fingerprint density at radius 1 is 1.45 bits per heavy atom. The summed E-state index contributed by atoms with van der Waals surface area (Å²) in [6.07, 6.45) is 1.38. The summed E-state index contributed by atoms with van der Waals surface area (Å²) in [5.74, 6) is 1.74. The van der Waals surface area contributed by atoms with Gasteiger partial charge in [0.15, 0.2) is 0 Å². The zero-order valence-electron chi connectivity index (χ0n) is 8.28. The maximum atomic E-state index is 3.47. The van der Waals surface area contributed by atoms with E-state index in [0.29, 0.717) is 5.41 Å². The lowest BCUT2D eigenvalue weighted by atomic mass is 9.78. The molecule has 1 nitrogen and oxygen atoms in total. The lowest BCUT2D eigenvalue weighted by Gasteiger charge is -2.26. The lowest BCUT2D eigenvalue weighted by molar-refractivity contribution is 0.249. The molecule has 1 heterocycles. The van der Waals surface area contributed by atoms with Gasteiger partial charge in [-0.3, -0.25) is 0 Å². The minimum Gasteiger partial charge on any atom is -0.316 e. The fraction of sp³-hybridized carbons (Fsp3) is 1.00. The molecule has 1 heteroatoms. The van der Waals surface area contributed by atoms with E-state index in [4.69, 9.17) is 0 Å². The lowest BCUT2D eigenvalue weighted by Crippen LogP contribution is -2.23. The Hall–Kier alpha value is -0.0400. The quantitative estimate of drug-likeness (QED) is 0.645. The second-order valence-corrected chi connectivity index (χ2v) is 4.95. The molecule has 0 spiro atoms. The summed E-state index contributed by atoms with van der Waals surface area (Å²) in [6.45, 7) is 11.8. The van der Waals surface area contributed by atoms with Crippen LogP contribution in [0.4, 0.5) is 0 Å².